The first-order valence-electron chi connectivity index (χ1n) is 5.54. The Morgan fingerprint density at radius 1 is 0.941 bits per heavy atom. The van der Waals surface area contributed by atoms with Gasteiger partial charge in [-0.05, 0) is 46.8 Å². The van der Waals surface area contributed by atoms with Gasteiger partial charge < -0.3 is 5.73 Å². The predicted molar refractivity (Wildman–Crippen MR) is 78.3 cm³/mol. The molecule has 0 bridgehead atoms. The third-order valence-corrected chi connectivity index (χ3v) is 3.86. The second kappa shape index (κ2) is 3.74. The first kappa shape index (κ1) is 10.6. The molecule has 0 heterocycles. The van der Waals surface area contributed by atoms with Crippen LogP contribution < -0.4 is 5.73 Å². The van der Waals surface area contributed by atoms with Gasteiger partial charge in [-0.1, -0.05) is 40.2 Å². The molecule has 3 rings (SSSR count). The first-order valence-corrected chi connectivity index (χ1v) is 6.33. The number of fused-ring (bicyclic) bond motifs is 2. The lowest BCUT2D eigenvalue weighted by atomic mass is 10.0. The van der Waals surface area contributed by atoms with Crippen molar-refractivity contribution < 1.29 is 0 Å². The normalized spacial score (nSPS) is 11.2. The van der Waals surface area contributed by atoms with Crippen molar-refractivity contribution in [2.75, 3.05) is 5.73 Å². The van der Waals surface area contributed by atoms with Gasteiger partial charge in [0.1, 0.15) is 0 Å². The molecule has 1 nitrogen and oxygen atoms in total. The third-order valence-electron chi connectivity index (χ3n) is 3.20. The Bertz CT molecular complexity index is 732. The highest BCUT2D eigenvalue weighted by Crippen LogP contribution is 2.34. The van der Waals surface area contributed by atoms with Crippen LogP contribution in [0.25, 0.3) is 21.5 Å². The van der Waals surface area contributed by atoms with Gasteiger partial charge in [-0.25, -0.2) is 0 Å². The molecule has 0 amide bonds. The molecule has 0 saturated carbocycles. The van der Waals surface area contributed by atoms with Gasteiger partial charge in [-0.15, -0.1) is 0 Å². The van der Waals surface area contributed by atoms with Crippen LogP contribution in [0.5, 0.6) is 0 Å². The van der Waals surface area contributed by atoms with Gasteiger partial charge in [0.05, 0.1) is 0 Å². The van der Waals surface area contributed by atoms with E-state index < -0.39 is 0 Å². The SMILES string of the molecule is Cc1cc(Br)c2cc3ccccc3cc2c1N. The molecule has 3 aromatic carbocycles. The Morgan fingerprint density at radius 3 is 2.18 bits per heavy atom. The Labute approximate surface area is 108 Å². The number of halogens is 1. The van der Waals surface area contributed by atoms with Crippen molar-refractivity contribution in [3.05, 3.63) is 52.5 Å². The summed E-state index contributed by atoms with van der Waals surface area (Å²) in [7, 11) is 0. The average molecular weight is 286 g/mol. The third kappa shape index (κ3) is 1.60. The molecule has 3 aromatic rings. The van der Waals surface area contributed by atoms with E-state index in [9.17, 15) is 0 Å². The monoisotopic (exact) mass is 285 g/mol. The number of nitrogen functional groups attached to an aromatic ring is 1. The second-order valence-electron chi connectivity index (χ2n) is 4.33. The van der Waals surface area contributed by atoms with Crippen molar-refractivity contribution in [2.24, 2.45) is 0 Å². The first-order chi connectivity index (χ1) is 8.16. The summed E-state index contributed by atoms with van der Waals surface area (Å²) in [6, 6.07) is 14.8. The molecule has 0 aliphatic rings. The number of nitrogens with two attached hydrogens (primary N) is 1. The Balaban J connectivity index is 2.56. The largest absolute Gasteiger partial charge is 0.398 e. The van der Waals surface area contributed by atoms with E-state index in [4.69, 9.17) is 5.73 Å². The van der Waals surface area contributed by atoms with Gasteiger partial charge in [0.2, 0.25) is 0 Å². The van der Waals surface area contributed by atoms with Gasteiger partial charge in [0.15, 0.2) is 0 Å². The molecule has 0 unspecified atom stereocenters. The number of hydrogen-bond acceptors (Lipinski definition) is 1. The quantitative estimate of drug-likeness (QED) is 0.472. The zero-order valence-electron chi connectivity index (χ0n) is 9.50. The molecule has 0 radical (unpaired) electrons. The molecule has 0 atom stereocenters. The molecular weight excluding hydrogens is 274 g/mol. The Kier molecular flexibility index (Phi) is 2.33. The molecule has 0 aromatic heterocycles. The van der Waals surface area contributed by atoms with Gasteiger partial charge in [-0.3, -0.25) is 0 Å². The van der Waals surface area contributed by atoms with Crippen LogP contribution in [0.4, 0.5) is 5.69 Å². The van der Waals surface area contributed by atoms with Crippen LogP contribution >= 0.6 is 15.9 Å². The summed E-state index contributed by atoms with van der Waals surface area (Å²) in [5, 5.41) is 4.76. The number of hydrogen-bond donors (Lipinski definition) is 1. The summed E-state index contributed by atoms with van der Waals surface area (Å²) >= 11 is 3.61. The van der Waals surface area contributed by atoms with Crippen LogP contribution in [0.15, 0.2) is 46.9 Å². The van der Waals surface area contributed by atoms with Gasteiger partial charge >= 0.3 is 0 Å². The highest BCUT2D eigenvalue weighted by atomic mass is 79.9. The summed E-state index contributed by atoms with van der Waals surface area (Å²) in [6.45, 7) is 2.04. The topological polar surface area (TPSA) is 26.0 Å². The van der Waals surface area contributed by atoms with Crippen molar-refractivity contribution in [3.63, 3.8) is 0 Å². The fourth-order valence-electron chi connectivity index (χ4n) is 2.22. The molecule has 0 fully saturated rings. The minimum atomic E-state index is 0.869. The molecule has 0 spiro atoms. The second-order valence-corrected chi connectivity index (χ2v) is 5.19. The summed E-state index contributed by atoms with van der Waals surface area (Å²) in [4.78, 5) is 0. The summed E-state index contributed by atoms with van der Waals surface area (Å²) in [6.07, 6.45) is 0. The van der Waals surface area contributed by atoms with Crippen molar-refractivity contribution in [1.29, 1.82) is 0 Å². The fourth-order valence-corrected chi connectivity index (χ4v) is 2.89. The predicted octanol–water partition coefficient (Wildman–Crippen LogP) is 4.65. The molecule has 0 aliphatic carbocycles. The van der Waals surface area contributed by atoms with Crippen LogP contribution in [0.2, 0.25) is 0 Å². The molecule has 2 N–H and O–H groups in total. The number of aryl methyl sites for hydroxylation is 1. The standard InChI is InChI=1S/C15H12BrN/c1-9-6-14(16)12-7-10-4-2-3-5-11(10)8-13(12)15(9)17/h2-8H,17H2,1H3. The summed E-state index contributed by atoms with van der Waals surface area (Å²) in [5.41, 5.74) is 8.14. The molecule has 84 valence electrons. The fraction of sp³-hybridized carbons (Fsp3) is 0.0667. The van der Waals surface area contributed by atoms with E-state index in [1.165, 1.54) is 16.2 Å². The minimum Gasteiger partial charge on any atom is -0.398 e. The number of anilines is 1. The maximum Gasteiger partial charge on any atom is 0.0424 e. The molecule has 0 aliphatic heterocycles. The Morgan fingerprint density at radius 2 is 1.53 bits per heavy atom. The smallest absolute Gasteiger partial charge is 0.0424 e. The lowest BCUT2D eigenvalue weighted by Crippen LogP contribution is -1.92. The molecular formula is C15H12BrN. The molecule has 2 heteroatoms. The number of rotatable bonds is 0. The van der Waals surface area contributed by atoms with E-state index in [-0.39, 0.29) is 0 Å². The van der Waals surface area contributed by atoms with Crippen molar-refractivity contribution in [2.45, 2.75) is 6.92 Å². The van der Waals surface area contributed by atoms with Gasteiger partial charge in [0.25, 0.3) is 0 Å². The summed E-state index contributed by atoms with van der Waals surface area (Å²) in [5.74, 6) is 0. The lowest BCUT2D eigenvalue weighted by molar-refractivity contribution is 1.49. The van der Waals surface area contributed by atoms with Gasteiger partial charge in [0, 0.05) is 15.5 Å². The number of benzene rings is 3. The van der Waals surface area contributed by atoms with Crippen LogP contribution in [0.1, 0.15) is 5.56 Å². The zero-order valence-corrected chi connectivity index (χ0v) is 11.1. The van der Waals surface area contributed by atoms with E-state index in [0.29, 0.717) is 0 Å². The van der Waals surface area contributed by atoms with Gasteiger partial charge in [-0.2, -0.15) is 0 Å². The highest BCUT2D eigenvalue weighted by molar-refractivity contribution is 9.10. The van der Waals surface area contributed by atoms with Crippen molar-refractivity contribution >= 4 is 43.2 Å². The van der Waals surface area contributed by atoms with Crippen molar-refractivity contribution in [3.8, 4) is 0 Å². The van der Waals surface area contributed by atoms with E-state index >= 15 is 0 Å². The lowest BCUT2D eigenvalue weighted by Gasteiger charge is -2.09. The highest BCUT2D eigenvalue weighted by Gasteiger charge is 2.07. The zero-order chi connectivity index (χ0) is 12.0. The summed E-state index contributed by atoms with van der Waals surface area (Å²) < 4.78 is 1.10. The van der Waals surface area contributed by atoms with E-state index in [2.05, 4.69) is 58.4 Å². The molecule has 17 heavy (non-hydrogen) atoms. The van der Waals surface area contributed by atoms with Crippen molar-refractivity contribution in [1.82, 2.24) is 0 Å². The van der Waals surface area contributed by atoms with Crippen LogP contribution in [0.3, 0.4) is 0 Å². The van der Waals surface area contributed by atoms with Crippen LogP contribution in [-0.2, 0) is 0 Å². The van der Waals surface area contributed by atoms with Crippen LogP contribution in [-0.4, -0.2) is 0 Å². The van der Waals surface area contributed by atoms with E-state index in [1.807, 2.05) is 6.92 Å². The Hall–Kier alpha value is -1.54. The average Bonchev–Trinajstić information content (AvgIpc) is 2.34. The maximum atomic E-state index is 6.16. The van der Waals surface area contributed by atoms with E-state index in [1.54, 1.807) is 0 Å². The van der Waals surface area contributed by atoms with Crippen LogP contribution in [0, 0.1) is 6.92 Å². The minimum absolute atomic E-state index is 0.869. The molecule has 0 saturated heterocycles. The maximum absolute atomic E-state index is 6.16. The van der Waals surface area contributed by atoms with E-state index in [0.717, 1.165) is 21.1 Å².